The maximum absolute atomic E-state index is 13.5. The van der Waals surface area contributed by atoms with Crippen molar-refractivity contribution in [1.29, 1.82) is 0 Å². The van der Waals surface area contributed by atoms with Crippen LogP contribution in [0.4, 0.5) is 5.82 Å². The van der Waals surface area contributed by atoms with E-state index < -0.39 is 0 Å². The molecule has 1 N–H and O–H groups in total. The lowest BCUT2D eigenvalue weighted by atomic mass is 10.1. The van der Waals surface area contributed by atoms with Crippen LogP contribution >= 0.6 is 11.3 Å². The molecule has 0 aliphatic rings. The molecular weight excluding hydrogens is 420 g/mol. The molecule has 0 atom stereocenters. The number of amides is 1. The standard InChI is InChI=1S/C24H22N6OS/c1-15-6-4-7-17(12-15)14-30-21(9-10-25-30)27-24(31)18-13-19(20-8-5-11-32-20)26-23-22(18)16(2)28-29(23)3/h4-13H,14H2,1-3H3,(H,27,31). The first kappa shape index (κ1) is 20.1. The van der Waals surface area contributed by atoms with Gasteiger partial charge >= 0.3 is 0 Å². The highest BCUT2D eigenvalue weighted by atomic mass is 32.1. The number of hydrogen-bond donors (Lipinski definition) is 1. The van der Waals surface area contributed by atoms with Gasteiger partial charge in [0, 0.05) is 13.1 Å². The number of hydrogen-bond acceptors (Lipinski definition) is 5. The summed E-state index contributed by atoms with van der Waals surface area (Å²) in [5, 5.41) is 14.7. The molecule has 8 heteroatoms. The van der Waals surface area contributed by atoms with Crippen LogP contribution in [0.2, 0.25) is 0 Å². The van der Waals surface area contributed by atoms with E-state index in [4.69, 9.17) is 4.98 Å². The molecule has 0 aliphatic carbocycles. The van der Waals surface area contributed by atoms with Crippen LogP contribution in [-0.2, 0) is 13.6 Å². The third-order valence-electron chi connectivity index (χ3n) is 5.36. The summed E-state index contributed by atoms with van der Waals surface area (Å²) in [6.07, 6.45) is 1.69. The Balaban J connectivity index is 1.52. The normalized spacial score (nSPS) is 11.2. The molecule has 0 aliphatic heterocycles. The summed E-state index contributed by atoms with van der Waals surface area (Å²) in [5.74, 6) is 0.429. The fourth-order valence-electron chi connectivity index (χ4n) is 3.91. The lowest BCUT2D eigenvalue weighted by Gasteiger charge is -2.11. The van der Waals surface area contributed by atoms with Gasteiger partial charge in [-0.1, -0.05) is 35.9 Å². The minimum Gasteiger partial charge on any atom is -0.307 e. The SMILES string of the molecule is Cc1cccc(Cn2nccc2NC(=O)c2cc(-c3cccs3)nc3c2c(C)nn3C)c1. The molecule has 1 amide bonds. The fraction of sp³-hybridized carbons (Fsp3) is 0.167. The zero-order chi connectivity index (χ0) is 22.2. The third-order valence-corrected chi connectivity index (χ3v) is 6.25. The molecule has 4 heterocycles. The summed E-state index contributed by atoms with van der Waals surface area (Å²) in [6.45, 7) is 4.53. The number of aromatic nitrogens is 5. The average molecular weight is 443 g/mol. The van der Waals surface area contributed by atoms with Gasteiger partial charge in [0.1, 0.15) is 5.82 Å². The summed E-state index contributed by atoms with van der Waals surface area (Å²) >= 11 is 1.59. The highest BCUT2D eigenvalue weighted by Gasteiger charge is 2.20. The van der Waals surface area contributed by atoms with Crippen molar-refractivity contribution in [3.8, 4) is 10.6 Å². The first-order chi connectivity index (χ1) is 15.5. The first-order valence-corrected chi connectivity index (χ1v) is 11.1. The molecule has 4 aromatic heterocycles. The number of anilines is 1. The van der Waals surface area contributed by atoms with Crippen LogP contribution in [0.25, 0.3) is 21.6 Å². The van der Waals surface area contributed by atoms with Crippen molar-refractivity contribution in [2.75, 3.05) is 5.32 Å². The van der Waals surface area contributed by atoms with Crippen LogP contribution < -0.4 is 5.32 Å². The van der Waals surface area contributed by atoms with Gasteiger partial charge in [-0.15, -0.1) is 11.3 Å². The molecule has 0 spiro atoms. The molecule has 7 nitrogen and oxygen atoms in total. The van der Waals surface area contributed by atoms with Crippen molar-refractivity contribution < 1.29 is 4.79 Å². The summed E-state index contributed by atoms with van der Waals surface area (Å²) in [5.41, 5.74) is 5.07. The average Bonchev–Trinajstić information content (AvgIpc) is 3.50. The Labute approximate surface area is 189 Å². The van der Waals surface area contributed by atoms with E-state index in [1.165, 1.54) is 5.56 Å². The van der Waals surface area contributed by atoms with Crippen molar-refractivity contribution in [3.63, 3.8) is 0 Å². The Morgan fingerprint density at radius 1 is 1.12 bits per heavy atom. The Morgan fingerprint density at radius 3 is 2.78 bits per heavy atom. The lowest BCUT2D eigenvalue weighted by Crippen LogP contribution is -2.17. The predicted octanol–water partition coefficient (Wildman–Crippen LogP) is 4.81. The Morgan fingerprint density at radius 2 is 2.00 bits per heavy atom. The molecule has 5 rings (SSSR count). The maximum Gasteiger partial charge on any atom is 0.257 e. The molecule has 1 aromatic carbocycles. The van der Waals surface area contributed by atoms with Gasteiger partial charge in [-0.2, -0.15) is 10.2 Å². The van der Waals surface area contributed by atoms with E-state index in [2.05, 4.69) is 40.6 Å². The molecule has 0 saturated carbocycles. The van der Waals surface area contributed by atoms with Crippen molar-refractivity contribution in [2.24, 2.45) is 7.05 Å². The Bertz CT molecular complexity index is 1430. The number of rotatable bonds is 5. The van der Waals surface area contributed by atoms with E-state index in [1.807, 2.05) is 49.7 Å². The topological polar surface area (TPSA) is 77.6 Å². The van der Waals surface area contributed by atoms with Crippen LogP contribution in [0.5, 0.6) is 0 Å². The number of thiophene rings is 1. The smallest absolute Gasteiger partial charge is 0.257 e. The molecular formula is C24H22N6OS. The third kappa shape index (κ3) is 3.69. The summed E-state index contributed by atoms with van der Waals surface area (Å²) < 4.78 is 3.52. The molecule has 0 saturated heterocycles. The van der Waals surface area contributed by atoms with Gasteiger partial charge in [-0.25, -0.2) is 9.67 Å². The van der Waals surface area contributed by atoms with Crippen LogP contribution in [0.15, 0.2) is 60.1 Å². The van der Waals surface area contributed by atoms with Crippen molar-refractivity contribution in [3.05, 3.63) is 82.5 Å². The highest BCUT2D eigenvalue weighted by Crippen LogP contribution is 2.29. The molecule has 0 radical (unpaired) electrons. The van der Waals surface area contributed by atoms with Gasteiger partial charge in [-0.05, 0) is 36.9 Å². The fourth-order valence-corrected chi connectivity index (χ4v) is 4.59. The van der Waals surface area contributed by atoms with E-state index >= 15 is 0 Å². The molecule has 32 heavy (non-hydrogen) atoms. The van der Waals surface area contributed by atoms with Gasteiger partial charge in [-0.3, -0.25) is 9.48 Å². The summed E-state index contributed by atoms with van der Waals surface area (Å²) in [6, 6.07) is 15.9. The van der Waals surface area contributed by atoms with Gasteiger partial charge in [0.15, 0.2) is 5.65 Å². The zero-order valence-corrected chi connectivity index (χ0v) is 18.8. The zero-order valence-electron chi connectivity index (χ0n) is 18.0. The van der Waals surface area contributed by atoms with E-state index in [0.29, 0.717) is 23.6 Å². The number of nitrogens with zero attached hydrogens (tertiary/aromatic N) is 5. The van der Waals surface area contributed by atoms with Crippen LogP contribution in [0.3, 0.4) is 0 Å². The van der Waals surface area contributed by atoms with Crippen molar-refractivity contribution >= 4 is 34.1 Å². The number of pyridine rings is 1. The molecule has 0 unspecified atom stereocenters. The second-order valence-electron chi connectivity index (χ2n) is 7.76. The van der Waals surface area contributed by atoms with Crippen LogP contribution in [0.1, 0.15) is 27.2 Å². The quantitative estimate of drug-likeness (QED) is 0.424. The summed E-state index contributed by atoms with van der Waals surface area (Å²) in [4.78, 5) is 19.2. The highest BCUT2D eigenvalue weighted by molar-refractivity contribution is 7.13. The molecule has 0 bridgehead atoms. The van der Waals surface area contributed by atoms with E-state index in [1.54, 1.807) is 26.9 Å². The number of nitrogens with one attached hydrogen (secondary N) is 1. The Hall–Kier alpha value is -3.78. The number of carbonyl (C=O) groups is 1. The van der Waals surface area contributed by atoms with Gasteiger partial charge < -0.3 is 5.32 Å². The van der Waals surface area contributed by atoms with Crippen molar-refractivity contribution in [2.45, 2.75) is 20.4 Å². The van der Waals surface area contributed by atoms with Gasteiger partial charge in [0.25, 0.3) is 5.91 Å². The lowest BCUT2D eigenvalue weighted by molar-refractivity contribution is 0.102. The van der Waals surface area contributed by atoms with E-state index in [9.17, 15) is 4.79 Å². The second-order valence-corrected chi connectivity index (χ2v) is 8.70. The number of benzene rings is 1. The number of aryl methyl sites for hydroxylation is 3. The van der Waals surface area contributed by atoms with Gasteiger partial charge in [0.05, 0.1) is 40.0 Å². The first-order valence-electron chi connectivity index (χ1n) is 10.3. The van der Waals surface area contributed by atoms with E-state index in [-0.39, 0.29) is 5.91 Å². The van der Waals surface area contributed by atoms with Crippen LogP contribution in [-0.4, -0.2) is 30.5 Å². The number of fused-ring (bicyclic) bond motifs is 1. The largest absolute Gasteiger partial charge is 0.307 e. The second kappa shape index (κ2) is 8.05. The number of carbonyl (C=O) groups excluding carboxylic acids is 1. The minimum absolute atomic E-state index is 0.211. The van der Waals surface area contributed by atoms with Crippen LogP contribution in [0, 0.1) is 13.8 Å². The molecule has 5 aromatic rings. The maximum atomic E-state index is 13.5. The minimum atomic E-state index is -0.211. The monoisotopic (exact) mass is 442 g/mol. The predicted molar refractivity (Wildman–Crippen MR) is 127 cm³/mol. The Kier molecular flexibility index (Phi) is 5.07. The van der Waals surface area contributed by atoms with Gasteiger partial charge in [0.2, 0.25) is 0 Å². The molecule has 160 valence electrons. The van der Waals surface area contributed by atoms with Crippen molar-refractivity contribution in [1.82, 2.24) is 24.5 Å². The molecule has 0 fully saturated rings. The van der Waals surface area contributed by atoms with E-state index in [0.717, 1.165) is 27.2 Å². The summed E-state index contributed by atoms with van der Waals surface area (Å²) in [7, 11) is 1.85.